The molecule has 2 heterocycles. The molecular formula is C15H15N3O2. The number of nitrogens with two attached hydrogens (primary N) is 1. The number of nitrogens with zero attached hydrogens (tertiary/aromatic N) is 2. The van der Waals surface area contributed by atoms with Gasteiger partial charge in [-0.15, -0.1) is 0 Å². The molecule has 0 spiro atoms. The maximum atomic E-state index is 12.1. The summed E-state index contributed by atoms with van der Waals surface area (Å²) in [4.78, 5) is 18.2. The van der Waals surface area contributed by atoms with E-state index in [2.05, 4.69) is 4.98 Å². The fraction of sp³-hybridized carbons (Fsp3) is 0.200. The number of benzene rings is 1. The van der Waals surface area contributed by atoms with Crippen LogP contribution in [0.1, 0.15) is 11.4 Å². The van der Waals surface area contributed by atoms with Gasteiger partial charge in [0.2, 0.25) is 0 Å². The number of hydrogen-bond acceptors (Lipinski definition) is 4. The molecule has 0 bridgehead atoms. The number of aromatic nitrogens is 1. The molecule has 1 aliphatic rings. The first-order chi connectivity index (χ1) is 9.63. The van der Waals surface area contributed by atoms with Crippen LogP contribution in [0.4, 0.5) is 11.4 Å². The molecule has 1 aromatic heterocycles. The summed E-state index contributed by atoms with van der Waals surface area (Å²) in [6, 6.07) is 11.1. The molecule has 1 aliphatic heterocycles. The quantitative estimate of drug-likeness (QED) is 0.845. The Balaban J connectivity index is 1.97. The molecule has 1 aromatic carbocycles. The number of fused-ring (bicyclic) bond motifs is 1. The second-order valence-corrected chi connectivity index (χ2v) is 4.77. The highest BCUT2D eigenvalue weighted by molar-refractivity contribution is 5.98. The van der Waals surface area contributed by atoms with Gasteiger partial charge in [-0.1, -0.05) is 6.07 Å². The van der Waals surface area contributed by atoms with Gasteiger partial charge in [0.05, 0.1) is 17.9 Å². The van der Waals surface area contributed by atoms with Crippen LogP contribution in [-0.4, -0.2) is 17.5 Å². The van der Waals surface area contributed by atoms with Gasteiger partial charge in [-0.05, 0) is 37.3 Å². The van der Waals surface area contributed by atoms with Gasteiger partial charge < -0.3 is 10.5 Å². The first kappa shape index (κ1) is 12.5. The van der Waals surface area contributed by atoms with E-state index >= 15 is 0 Å². The van der Waals surface area contributed by atoms with E-state index < -0.39 is 0 Å². The average Bonchev–Trinajstić information content (AvgIpc) is 2.42. The highest BCUT2D eigenvalue weighted by Crippen LogP contribution is 2.34. The van der Waals surface area contributed by atoms with Crippen LogP contribution >= 0.6 is 0 Å². The number of pyridine rings is 1. The van der Waals surface area contributed by atoms with Crippen LogP contribution in [0.3, 0.4) is 0 Å². The first-order valence-corrected chi connectivity index (χ1v) is 6.39. The smallest absolute Gasteiger partial charge is 0.265 e. The SMILES string of the molecule is Cc1cccc(CN2C(=O)COc3ccc(N)cc32)n1. The molecule has 0 radical (unpaired) electrons. The van der Waals surface area contributed by atoms with Crippen LogP contribution in [0.2, 0.25) is 0 Å². The number of aryl methyl sites for hydroxylation is 1. The fourth-order valence-corrected chi connectivity index (χ4v) is 2.24. The topological polar surface area (TPSA) is 68.5 Å². The number of anilines is 2. The standard InChI is InChI=1S/C15H15N3O2/c1-10-3-2-4-12(17-10)8-18-13-7-11(16)5-6-14(13)20-9-15(18)19/h2-7H,8-9,16H2,1H3. The van der Waals surface area contributed by atoms with Crippen LogP contribution < -0.4 is 15.4 Å². The molecule has 2 N–H and O–H groups in total. The lowest BCUT2D eigenvalue weighted by Gasteiger charge is -2.29. The Bertz CT molecular complexity index is 670. The average molecular weight is 269 g/mol. The maximum Gasteiger partial charge on any atom is 0.265 e. The van der Waals surface area contributed by atoms with Gasteiger partial charge in [0.25, 0.3) is 5.91 Å². The summed E-state index contributed by atoms with van der Waals surface area (Å²) in [5.41, 5.74) is 8.87. The summed E-state index contributed by atoms with van der Waals surface area (Å²) >= 11 is 0. The Morgan fingerprint density at radius 2 is 2.20 bits per heavy atom. The van der Waals surface area contributed by atoms with Crippen molar-refractivity contribution in [1.29, 1.82) is 0 Å². The first-order valence-electron chi connectivity index (χ1n) is 6.39. The molecule has 0 fully saturated rings. The third kappa shape index (κ3) is 2.30. The normalized spacial score (nSPS) is 13.8. The lowest BCUT2D eigenvalue weighted by atomic mass is 10.2. The van der Waals surface area contributed by atoms with E-state index in [1.807, 2.05) is 25.1 Å². The van der Waals surface area contributed by atoms with Gasteiger partial charge in [-0.3, -0.25) is 14.7 Å². The largest absolute Gasteiger partial charge is 0.482 e. The fourth-order valence-electron chi connectivity index (χ4n) is 2.24. The third-order valence-electron chi connectivity index (χ3n) is 3.19. The molecule has 0 atom stereocenters. The van der Waals surface area contributed by atoms with Gasteiger partial charge in [0.1, 0.15) is 5.75 Å². The van der Waals surface area contributed by atoms with E-state index in [0.717, 1.165) is 11.4 Å². The second-order valence-electron chi connectivity index (χ2n) is 4.77. The summed E-state index contributed by atoms with van der Waals surface area (Å²) in [5, 5.41) is 0. The molecule has 0 saturated carbocycles. The molecule has 1 amide bonds. The van der Waals surface area contributed by atoms with E-state index in [9.17, 15) is 4.79 Å². The molecule has 0 unspecified atom stereocenters. The maximum absolute atomic E-state index is 12.1. The van der Waals surface area contributed by atoms with Gasteiger partial charge >= 0.3 is 0 Å². The molecule has 3 rings (SSSR count). The van der Waals surface area contributed by atoms with Crippen molar-refractivity contribution in [3.05, 3.63) is 47.8 Å². The summed E-state index contributed by atoms with van der Waals surface area (Å²) in [7, 11) is 0. The van der Waals surface area contributed by atoms with Crippen molar-refractivity contribution in [2.24, 2.45) is 0 Å². The lowest BCUT2D eigenvalue weighted by Crippen LogP contribution is -2.38. The van der Waals surface area contributed by atoms with Crippen molar-refractivity contribution in [1.82, 2.24) is 4.98 Å². The monoisotopic (exact) mass is 269 g/mol. The van der Waals surface area contributed by atoms with Crippen molar-refractivity contribution in [3.63, 3.8) is 0 Å². The number of ether oxygens (including phenoxy) is 1. The third-order valence-corrected chi connectivity index (χ3v) is 3.19. The van der Waals surface area contributed by atoms with E-state index in [-0.39, 0.29) is 12.5 Å². The van der Waals surface area contributed by atoms with Crippen molar-refractivity contribution in [2.45, 2.75) is 13.5 Å². The Kier molecular flexibility index (Phi) is 3.02. The number of nitrogen functional groups attached to an aromatic ring is 1. The van der Waals surface area contributed by atoms with Crippen LogP contribution in [-0.2, 0) is 11.3 Å². The zero-order valence-corrected chi connectivity index (χ0v) is 11.2. The Hall–Kier alpha value is -2.56. The molecule has 0 aliphatic carbocycles. The highest BCUT2D eigenvalue weighted by atomic mass is 16.5. The van der Waals surface area contributed by atoms with Crippen LogP contribution in [0.5, 0.6) is 5.75 Å². The molecule has 102 valence electrons. The zero-order valence-electron chi connectivity index (χ0n) is 11.2. The van der Waals surface area contributed by atoms with Gasteiger partial charge in [0.15, 0.2) is 6.61 Å². The Morgan fingerprint density at radius 1 is 1.35 bits per heavy atom. The number of rotatable bonds is 2. The number of carbonyl (C=O) groups is 1. The predicted molar refractivity (Wildman–Crippen MR) is 76.5 cm³/mol. The summed E-state index contributed by atoms with van der Waals surface area (Å²) in [5.74, 6) is 0.581. The lowest BCUT2D eigenvalue weighted by molar-refractivity contribution is -0.121. The van der Waals surface area contributed by atoms with Crippen molar-refractivity contribution >= 4 is 17.3 Å². The van der Waals surface area contributed by atoms with E-state index in [4.69, 9.17) is 10.5 Å². The van der Waals surface area contributed by atoms with Gasteiger partial charge in [0, 0.05) is 11.4 Å². The predicted octanol–water partition coefficient (Wildman–Crippen LogP) is 1.90. The van der Waals surface area contributed by atoms with E-state index in [0.29, 0.717) is 23.7 Å². The highest BCUT2D eigenvalue weighted by Gasteiger charge is 2.26. The van der Waals surface area contributed by atoms with Crippen molar-refractivity contribution in [3.8, 4) is 5.75 Å². The zero-order chi connectivity index (χ0) is 14.1. The van der Waals surface area contributed by atoms with Crippen LogP contribution in [0.25, 0.3) is 0 Å². The Morgan fingerprint density at radius 3 is 3.00 bits per heavy atom. The van der Waals surface area contributed by atoms with Gasteiger partial charge in [-0.2, -0.15) is 0 Å². The molecule has 5 heteroatoms. The minimum Gasteiger partial charge on any atom is -0.482 e. The minimum atomic E-state index is -0.0913. The van der Waals surface area contributed by atoms with Gasteiger partial charge in [-0.25, -0.2) is 0 Å². The van der Waals surface area contributed by atoms with Crippen molar-refractivity contribution in [2.75, 3.05) is 17.2 Å². The molecular weight excluding hydrogens is 254 g/mol. The van der Waals surface area contributed by atoms with Crippen LogP contribution in [0, 0.1) is 6.92 Å². The van der Waals surface area contributed by atoms with Crippen molar-refractivity contribution < 1.29 is 9.53 Å². The number of amides is 1. The number of carbonyl (C=O) groups excluding carboxylic acids is 1. The summed E-state index contributed by atoms with van der Waals surface area (Å²) in [6.07, 6.45) is 0. The summed E-state index contributed by atoms with van der Waals surface area (Å²) < 4.78 is 5.42. The molecule has 20 heavy (non-hydrogen) atoms. The summed E-state index contributed by atoms with van der Waals surface area (Å²) in [6.45, 7) is 2.39. The molecule has 2 aromatic rings. The van der Waals surface area contributed by atoms with E-state index in [1.165, 1.54) is 0 Å². The molecule has 0 saturated heterocycles. The molecule has 5 nitrogen and oxygen atoms in total. The van der Waals surface area contributed by atoms with Crippen LogP contribution in [0.15, 0.2) is 36.4 Å². The number of hydrogen-bond donors (Lipinski definition) is 1. The Labute approximate surface area is 117 Å². The van der Waals surface area contributed by atoms with E-state index in [1.54, 1.807) is 23.1 Å². The second kappa shape index (κ2) is 4.85. The minimum absolute atomic E-state index is 0.0444.